The van der Waals surface area contributed by atoms with Gasteiger partial charge < -0.3 is 10.7 Å². The number of aromatic nitrogens is 1. The van der Waals surface area contributed by atoms with Crippen molar-refractivity contribution in [2.45, 2.75) is 32.7 Å². The Morgan fingerprint density at radius 2 is 2.20 bits per heavy atom. The van der Waals surface area contributed by atoms with Crippen molar-refractivity contribution in [2.75, 3.05) is 0 Å². The molecule has 0 aliphatic rings. The van der Waals surface area contributed by atoms with Crippen molar-refractivity contribution < 1.29 is 0 Å². The van der Waals surface area contributed by atoms with Gasteiger partial charge in [0, 0.05) is 23.1 Å². The molecule has 0 aliphatic heterocycles. The number of hydrogen-bond acceptors (Lipinski definition) is 1. The minimum absolute atomic E-state index is 0.278. The van der Waals surface area contributed by atoms with Gasteiger partial charge in [-0.3, -0.25) is 0 Å². The molecule has 1 atom stereocenters. The highest BCUT2D eigenvalue weighted by molar-refractivity contribution is 5.83. The highest BCUT2D eigenvalue weighted by atomic mass is 14.7. The fraction of sp³-hybridized carbons (Fsp3) is 0.385. The minimum Gasteiger partial charge on any atom is -0.361 e. The average molecular weight is 202 g/mol. The van der Waals surface area contributed by atoms with Crippen molar-refractivity contribution in [1.82, 2.24) is 4.98 Å². The van der Waals surface area contributed by atoms with Crippen LogP contribution in [0.3, 0.4) is 0 Å². The Bertz CT molecular complexity index is 455. The molecule has 2 rings (SSSR count). The van der Waals surface area contributed by atoms with E-state index < -0.39 is 0 Å². The second kappa shape index (κ2) is 4.07. The summed E-state index contributed by atoms with van der Waals surface area (Å²) in [6, 6.07) is 6.81. The lowest BCUT2D eigenvalue weighted by Crippen LogP contribution is -2.15. The SMILES string of the molecule is Cc1ccc2c(CC[C@@H](C)N)c[nH]c2c1. The molecule has 0 unspecified atom stereocenters. The number of H-pyrrole nitrogens is 1. The largest absolute Gasteiger partial charge is 0.361 e. The summed E-state index contributed by atoms with van der Waals surface area (Å²) in [6.45, 7) is 4.17. The summed E-state index contributed by atoms with van der Waals surface area (Å²) in [5.74, 6) is 0. The molecule has 80 valence electrons. The number of fused-ring (bicyclic) bond motifs is 1. The van der Waals surface area contributed by atoms with Crippen LogP contribution >= 0.6 is 0 Å². The van der Waals surface area contributed by atoms with Gasteiger partial charge in [0.05, 0.1) is 0 Å². The molecule has 15 heavy (non-hydrogen) atoms. The van der Waals surface area contributed by atoms with Gasteiger partial charge in [-0.05, 0) is 43.9 Å². The second-order valence-electron chi connectivity index (χ2n) is 4.38. The Labute approximate surface area is 90.5 Å². The lowest BCUT2D eigenvalue weighted by Gasteiger charge is -2.03. The Morgan fingerprint density at radius 3 is 2.93 bits per heavy atom. The minimum atomic E-state index is 0.278. The molecule has 1 aromatic carbocycles. The maximum Gasteiger partial charge on any atom is 0.0459 e. The predicted octanol–water partition coefficient (Wildman–Crippen LogP) is 2.76. The van der Waals surface area contributed by atoms with Crippen LogP contribution in [0, 0.1) is 6.92 Å². The van der Waals surface area contributed by atoms with Gasteiger partial charge in [-0.1, -0.05) is 12.1 Å². The van der Waals surface area contributed by atoms with Gasteiger partial charge in [0.25, 0.3) is 0 Å². The summed E-state index contributed by atoms with van der Waals surface area (Å²) in [5, 5.41) is 1.33. The average Bonchev–Trinajstić information content (AvgIpc) is 2.57. The number of aryl methyl sites for hydroxylation is 2. The van der Waals surface area contributed by atoms with Gasteiger partial charge in [-0.15, -0.1) is 0 Å². The molecule has 0 radical (unpaired) electrons. The molecule has 1 aromatic heterocycles. The molecule has 2 heteroatoms. The van der Waals surface area contributed by atoms with E-state index in [1.54, 1.807) is 0 Å². The van der Waals surface area contributed by atoms with Crippen molar-refractivity contribution in [1.29, 1.82) is 0 Å². The van der Waals surface area contributed by atoms with Gasteiger partial charge in [0.1, 0.15) is 0 Å². The molecule has 3 N–H and O–H groups in total. The molecular formula is C13H18N2. The summed E-state index contributed by atoms with van der Waals surface area (Å²) < 4.78 is 0. The number of rotatable bonds is 3. The molecule has 0 bridgehead atoms. The number of nitrogens with two attached hydrogens (primary N) is 1. The molecule has 2 aromatic rings. The van der Waals surface area contributed by atoms with E-state index in [9.17, 15) is 0 Å². The third kappa shape index (κ3) is 2.21. The summed E-state index contributed by atoms with van der Waals surface area (Å²) in [6.07, 6.45) is 4.20. The first-order valence-electron chi connectivity index (χ1n) is 5.49. The van der Waals surface area contributed by atoms with Crippen molar-refractivity contribution in [3.63, 3.8) is 0 Å². The molecular weight excluding hydrogens is 184 g/mol. The monoisotopic (exact) mass is 202 g/mol. The van der Waals surface area contributed by atoms with Crippen LogP contribution in [0.1, 0.15) is 24.5 Å². The molecule has 0 amide bonds. The Hall–Kier alpha value is -1.28. The molecule has 0 fully saturated rings. The molecule has 0 spiro atoms. The van der Waals surface area contributed by atoms with Crippen LogP contribution in [0.15, 0.2) is 24.4 Å². The molecule has 0 aliphatic carbocycles. The van der Waals surface area contributed by atoms with Crippen molar-refractivity contribution >= 4 is 10.9 Å². The van der Waals surface area contributed by atoms with Crippen LogP contribution in [0.25, 0.3) is 10.9 Å². The van der Waals surface area contributed by atoms with Gasteiger partial charge >= 0.3 is 0 Å². The summed E-state index contributed by atoms with van der Waals surface area (Å²) >= 11 is 0. The molecule has 0 saturated heterocycles. The van der Waals surface area contributed by atoms with E-state index in [1.807, 2.05) is 0 Å². The highest BCUT2D eigenvalue weighted by Gasteiger charge is 2.04. The standard InChI is InChI=1S/C13H18N2/c1-9-3-6-12-11(5-4-10(2)14)8-15-13(12)7-9/h3,6-8,10,15H,4-5,14H2,1-2H3/t10-/m1/s1. The highest BCUT2D eigenvalue weighted by Crippen LogP contribution is 2.20. The zero-order chi connectivity index (χ0) is 10.8. The third-order valence-corrected chi connectivity index (χ3v) is 2.79. The van der Waals surface area contributed by atoms with E-state index in [0.29, 0.717) is 0 Å². The van der Waals surface area contributed by atoms with Crippen LogP contribution in [0.2, 0.25) is 0 Å². The third-order valence-electron chi connectivity index (χ3n) is 2.79. The van der Waals surface area contributed by atoms with Gasteiger partial charge in [0.15, 0.2) is 0 Å². The Morgan fingerprint density at radius 1 is 1.40 bits per heavy atom. The van der Waals surface area contributed by atoms with E-state index in [-0.39, 0.29) is 6.04 Å². The second-order valence-corrected chi connectivity index (χ2v) is 4.38. The van der Waals surface area contributed by atoms with Crippen LogP contribution in [0.5, 0.6) is 0 Å². The lowest BCUT2D eigenvalue weighted by atomic mass is 10.0. The van der Waals surface area contributed by atoms with Crippen LogP contribution < -0.4 is 5.73 Å². The van der Waals surface area contributed by atoms with E-state index in [4.69, 9.17) is 5.73 Å². The summed E-state index contributed by atoms with van der Waals surface area (Å²) in [7, 11) is 0. The maximum atomic E-state index is 5.77. The van der Waals surface area contributed by atoms with Crippen molar-refractivity contribution in [3.05, 3.63) is 35.5 Å². The first-order valence-corrected chi connectivity index (χ1v) is 5.49. The van der Waals surface area contributed by atoms with E-state index in [0.717, 1.165) is 12.8 Å². The van der Waals surface area contributed by atoms with E-state index in [1.165, 1.54) is 22.0 Å². The lowest BCUT2D eigenvalue weighted by molar-refractivity contribution is 0.668. The van der Waals surface area contributed by atoms with Crippen molar-refractivity contribution in [3.8, 4) is 0 Å². The zero-order valence-electron chi connectivity index (χ0n) is 9.38. The summed E-state index contributed by atoms with van der Waals surface area (Å²) in [4.78, 5) is 3.31. The van der Waals surface area contributed by atoms with Gasteiger partial charge in [-0.25, -0.2) is 0 Å². The van der Waals surface area contributed by atoms with Crippen LogP contribution in [0.4, 0.5) is 0 Å². The van der Waals surface area contributed by atoms with E-state index >= 15 is 0 Å². The summed E-state index contributed by atoms with van der Waals surface area (Å²) in [5.41, 5.74) is 9.67. The normalized spacial score (nSPS) is 13.3. The number of aromatic amines is 1. The predicted molar refractivity (Wildman–Crippen MR) is 65.0 cm³/mol. The van der Waals surface area contributed by atoms with Crippen molar-refractivity contribution in [2.24, 2.45) is 5.73 Å². The smallest absolute Gasteiger partial charge is 0.0459 e. The van der Waals surface area contributed by atoms with Gasteiger partial charge in [0.2, 0.25) is 0 Å². The van der Waals surface area contributed by atoms with Crippen LogP contribution in [-0.2, 0) is 6.42 Å². The van der Waals surface area contributed by atoms with Gasteiger partial charge in [-0.2, -0.15) is 0 Å². The fourth-order valence-electron chi connectivity index (χ4n) is 1.89. The molecule has 2 nitrogen and oxygen atoms in total. The number of hydrogen-bond donors (Lipinski definition) is 2. The first kappa shape index (κ1) is 10.2. The first-order chi connectivity index (χ1) is 7.16. The number of benzene rings is 1. The Balaban J connectivity index is 2.29. The number of nitrogens with one attached hydrogen (secondary N) is 1. The topological polar surface area (TPSA) is 41.8 Å². The zero-order valence-corrected chi connectivity index (χ0v) is 9.38. The maximum absolute atomic E-state index is 5.77. The quantitative estimate of drug-likeness (QED) is 0.789. The molecule has 1 heterocycles. The Kier molecular flexibility index (Phi) is 2.78. The van der Waals surface area contributed by atoms with Crippen LogP contribution in [-0.4, -0.2) is 11.0 Å². The fourth-order valence-corrected chi connectivity index (χ4v) is 1.89. The molecule has 0 saturated carbocycles. The van der Waals surface area contributed by atoms with E-state index in [2.05, 4.69) is 43.2 Å².